The van der Waals surface area contributed by atoms with Crippen LogP contribution in [0.4, 0.5) is 10.5 Å². The van der Waals surface area contributed by atoms with E-state index in [9.17, 15) is 33.9 Å². The molecule has 260 valence electrons. The summed E-state index contributed by atoms with van der Waals surface area (Å²) in [6.45, 7) is 5.04. The molecular formula is C33H30Br2N6O9. The predicted molar refractivity (Wildman–Crippen MR) is 187 cm³/mol. The van der Waals surface area contributed by atoms with E-state index < -0.39 is 34.8 Å². The number of carbonyl (C=O) groups is 5. The van der Waals surface area contributed by atoms with E-state index in [1.165, 1.54) is 0 Å². The number of nitrogens with one attached hydrogen (secondary N) is 3. The van der Waals surface area contributed by atoms with Gasteiger partial charge >= 0.3 is 6.09 Å². The Morgan fingerprint density at radius 2 is 1.66 bits per heavy atom. The van der Waals surface area contributed by atoms with Gasteiger partial charge in [0.15, 0.2) is 0 Å². The molecule has 2 aliphatic heterocycles. The average Bonchev–Trinajstić information content (AvgIpc) is 3.81. The monoisotopic (exact) mass is 812 g/mol. The molecule has 17 heteroatoms. The molecule has 0 saturated carbocycles. The summed E-state index contributed by atoms with van der Waals surface area (Å²) >= 11 is 6.72. The number of carboxylic acid groups (broad SMARTS) is 1. The molecule has 0 unspecified atom stereocenters. The van der Waals surface area contributed by atoms with Gasteiger partial charge in [-0.3, -0.25) is 24.0 Å². The summed E-state index contributed by atoms with van der Waals surface area (Å²) in [5.41, 5.74) is 4.18. The lowest BCUT2D eigenvalue weighted by molar-refractivity contribution is -0.141. The van der Waals surface area contributed by atoms with E-state index >= 15 is 0 Å². The minimum atomic E-state index is -1.67. The largest absolute Gasteiger partial charge is 0.465 e. The van der Waals surface area contributed by atoms with Crippen LogP contribution in [0.5, 0.6) is 0 Å². The van der Waals surface area contributed by atoms with Crippen LogP contribution in [0.2, 0.25) is 0 Å². The molecule has 2 aliphatic rings. The summed E-state index contributed by atoms with van der Waals surface area (Å²) in [6, 6.07) is 10.2. The Hall–Kier alpha value is -5.03. The van der Waals surface area contributed by atoms with Crippen molar-refractivity contribution in [2.24, 2.45) is 11.1 Å². The quantitative estimate of drug-likeness (QED) is 0.149. The number of imide groups is 1. The van der Waals surface area contributed by atoms with Gasteiger partial charge in [-0.15, -0.1) is 0 Å². The fourth-order valence-corrected chi connectivity index (χ4v) is 7.19. The number of rotatable bonds is 4. The number of likely N-dealkylation sites (tertiary alicyclic amines) is 1. The maximum absolute atomic E-state index is 13.5. The SMILES string of the molecule is CC(C)(C)[C@]1(C(=O)Nc2c(C(N)=O)oc3ccc(Br)cc23)CCC(=O)N1C(=O)O.O=C1CC[C@@H](c2nc3c(oc4ccc(Br)cc43)c(=O)[nH]2)N1. The highest BCUT2D eigenvalue weighted by molar-refractivity contribution is 9.10. The van der Waals surface area contributed by atoms with E-state index in [-0.39, 0.29) is 47.4 Å². The van der Waals surface area contributed by atoms with Crippen LogP contribution in [0.15, 0.2) is 59.0 Å². The van der Waals surface area contributed by atoms with E-state index in [2.05, 4.69) is 52.5 Å². The van der Waals surface area contributed by atoms with Crippen LogP contribution in [0.1, 0.15) is 68.9 Å². The van der Waals surface area contributed by atoms with E-state index in [1.807, 2.05) is 12.1 Å². The Morgan fingerprint density at radius 3 is 2.24 bits per heavy atom. The summed E-state index contributed by atoms with van der Waals surface area (Å²) in [7, 11) is 0. The number of hydrogen-bond acceptors (Lipinski definition) is 9. The van der Waals surface area contributed by atoms with Crippen molar-refractivity contribution in [2.75, 3.05) is 5.32 Å². The molecule has 0 radical (unpaired) electrons. The molecule has 2 fully saturated rings. The summed E-state index contributed by atoms with van der Waals surface area (Å²) < 4.78 is 12.6. The highest BCUT2D eigenvalue weighted by atomic mass is 79.9. The lowest BCUT2D eigenvalue weighted by Gasteiger charge is -2.44. The standard InChI is InChI=1S/C19H20BrN3O6.C14H10BrN3O3/c1-18(2,3)19(7-6-12(24)23(19)17(27)28)16(26)22-13-10-8-9(20)4-5-11(10)29-14(13)15(21)25;15-6-1-3-9-7(5-6)11-12(21-9)14(20)18-13(17-11)8-2-4-10(19)16-8/h4-5,8H,6-7H2,1-3H3,(H2,21,25)(H,22,26)(H,27,28);1,3,5,8H,2,4H2,(H,16,19)(H,17,18,20)/t19-;8-/m10/s1. The molecule has 5 heterocycles. The molecular weight excluding hydrogens is 784 g/mol. The average molecular weight is 814 g/mol. The number of primary amides is 1. The van der Waals surface area contributed by atoms with Gasteiger partial charge in [0.25, 0.3) is 17.4 Å². The van der Waals surface area contributed by atoms with Gasteiger partial charge in [-0.2, -0.15) is 0 Å². The van der Waals surface area contributed by atoms with E-state index in [0.29, 0.717) is 50.1 Å². The number of fused-ring (bicyclic) bond motifs is 4. The Balaban J connectivity index is 0.000000181. The summed E-state index contributed by atoms with van der Waals surface area (Å²) in [5.74, 6) is -2.10. The maximum atomic E-state index is 13.5. The van der Waals surface area contributed by atoms with Crippen molar-refractivity contribution in [2.45, 2.75) is 58.0 Å². The first-order valence-corrected chi connectivity index (χ1v) is 16.9. The lowest BCUT2D eigenvalue weighted by atomic mass is 9.71. The van der Waals surface area contributed by atoms with Gasteiger partial charge in [-0.25, -0.2) is 14.7 Å². The zero-order chi connectivity index (χ0) is 36.3. The van der Waals surface area contributed by atoms with Crippen molar-refractivity contribution in [1.29, 1.82) is 0 Å². The number of carbonyl (C=O) groups excluding carboxylic acids is 4. The molecule has 5 amide bonds. The van der Waals surface area contributed by atoms with Gasteiger partial charge in [-0.05, 0) is 54.7 Å². The van der Waals surface area contributed by atoms with E-state index in [0.717, 1.165) is 9.86 Å². The minimum Gasteiger partial charge on any atom is -0.465 e. The number of halogens is 2. The van der Waals surface area contributed by atoms with Gasteiger partial charge < -0.3 is 35.3 Å². The van der Waals surface area contributed by atoms with E-state index in [4.69, 9.17) is 14.6 Å². The number of aromatic amines is 1. The number of nitrogens with two attached hydrogens (primary N) is 1. The van der Waals surface area contributed by atoms with Crippen LogP contribution < -0.4 is 21.9 Å². The third kappa shape index (κ3) is 5.93. The van der Waals surface area contributed by atoms with E-state index in [1.54, 1.807) is 45.0 Å². The number of benzene rings is 2. The van der Waals surface area contributed by atoms with Crippen molar-refractivity contribution < 1.29 is 37.9 Å². The zero-order valence-corrected chi connectivity index (χ0v) is 30.0. The molecule has 0 aliphatic carbocycles. The highest BCUT2D eigenvalue weighted by Gasteiger charge is 2.61. The Bertz CT molecular complexity index is 2320. The zero-order valence-electron chi connectivity index (χ0n) is 26.8. The first-order valence-electron chi connectivity index (χ1n) is 15.3. The lowest BCUT2D eigenvalue weighted by Crippen LogP contribution is -2.63. The predicted octanol–water partition coefficient (Wildman–Crippen LogP) is 5.70. The van der Waals surface area contributed by atoms with Crippen LogP contribution in [0, 0.1) is 5.41 Å². The van der Waals surface area contributed by atoms with Crippen LogP contribution in [-0.2, 0) is 14.4 Å². The Kier molecular flexibility index (Phi) is 8.84. The van der Waals surface area contributed by atoms with Crippen molar-refractivity contribution in [1.82, 2.24) is 20.2 Å². The molecule has 5 aromatic rings. The number of amides is 5. The van der Waals surface area contributed by atoms with Crippen molar-refractivity contribution >= 4 is 100 Å². The second-order valence-corrected chi connectivity index (χ2v) is 14.7. The molecule has 6 N–H and O–H groups in total. The fraction of sp³-hybridized carbons (Fsp3) is 0.303. The fourth-order valence-electron chi connectivity index (χ4n) is 6.47. The van der Waals surface area contributed by atoms with Gasteiger partial charge in [0.05, 0.1) is 6.04 Å². The molecule has 2 aromatic carbocycles. The third-order valence-electron chi connectivity index (χ3n) is 8.88. The number of aromatic nitrogens is 2. The topological polar surface area (TPSA) is 231 Å². The number of nitrogens with zero attached hydrogens (tertiary/aromatic N) is 2. The second-order valence-electron chi connectivity index (χ2n) is 12.9. The van der Waals surface area contributed by atoms with Crippen LogP contribution >= 0.6 is 31.9 Å². The summed E-state index contributed by atoms with van der Waals surface area (Å²) in [4.78, 5) is 80.8. The van der Waals surface area contributed by atoms with Crippen LogP contribution in [-0.4, -0.2) is 55.2 Å². The maximum Gasteiger partial charge on any atom is 0.415 e. The summed E-state index contributed by atoms with van der Waals surface area (Å²) in [5, 5.41) is 16.3. The second kappa shape index (κ2) is 12.7. The van der Waals surface area contributed by atoms with Crippen LogP contribution in [0.25, 0.3) is 33.0 Å². The summed E-state index contributed by atoms with van der Waals surface area (Å²) in [6.07, 6.45) is -0.500. The number of hydrogen-bond donors (Lipinski definition) is 5. The molecule has 2 atom stereocenters. The molecule has 2 saturated heterocycles. The first-order chi connectivity index (χ1) is 23.5. The Morgan fingerprint density at radius 1 is 1.02 bits per heavy atom. The molecule has 0 bridgehead atoms. The van der Waals surface area contributed by atoms with Crippen molar-refractivity contribution in [3.05, 3.63) is 67.3 Å². The number of furan rings is 2. The molecule has 0 spiro atoms. The molecule has 15 nitrogen and oxygen atoms in total. The highest BCUT2D eigenvalue weighted by Crippen LogP contribution is 2.46. The molecule has 7 rings (SSSR count). The Labute approximate surface area is 299 Å². The van der Waals surface area contributed by atoms with Crippen molar-refractivity contribution in [3.8, 4) is 0 Å². The van der Waals surface area contributed by atoms with Gasteiger partial charge in [0, 0.05) is 32.6 Å². The minimum absolute atomic E-state index is 0.0127. The first kappa shape index (κ1) is 34.8. The number of H-pyrrole nitrogens is 1. The number of anilines is 1. The van der Waals surface area contributed by atoms with Gasteiger partial charge in [0.2, 0.25) is 23.2 Å². The van der Waals surface area contributed by atoms with Gasteiger partial charge in [-0.1, -0.05) is 52.6 Å². The van der Waals surface area contributed by atoms with Crippen LogP contribution in [0.3, 0.4) is 0 Å². The smallest absolute Gasteiger partial charge is 0.415 e. The van der Waals surface area contributed by atoms with Gasteiger partial charge in [0.1, 0.15) is 33.7 Å². The molecule has 3 aromatic heterocycles. The normalized spacial score (nSPS) is 19.1. The van der Waals surface area contributed by atoms with Crippen molar-refractivity contribution in [3.63, 3.8) is 0 Å². The third-order valence-corrected chi connectivity index (χ3v) is 9.87. The molecule has 50 heavy (non-hydrogen) atoms.